The fourth-order valence-electron chi connectivity index (χ4n) is 1.52. The summed E-state index contributed by atoms with van der Waals surface area (Å²) >= 11 is 1.62. The highest BCUT2D eigenvalue weighted by molar-refractivity contribution is 7.09. The molecule has 0 amide bonds. The van der Waals surface area contributed by atoms with Gasteiger partial charge in [0.05, 0.1) is 22.4 Å². The molecule has 0 aliphatic heterocycles. The molecule has 0 spiro atoms. The molecular weight excluding hydrogens is 246 g/mol. The summed E-state index contributed by atoms with van der Waals surface area (Å²) in [6, 6.07) is 0. The van der Waals surface area contributed by atoms with E-state index in [0.717, 1.165) is 17.1 Å². The van der Waals surface area contributed by atoms with E-state index in [1.165, 1.54) is 0 Å². The quantitative estimate of drug-likeness (QED) is 0.888. The van der Waals surface area contributed by atoms with Gasteiger partial charge in [0, 0.05) is 17.9 Å². The van der Waals surface area contributed by atoms with Crippen LogP contribution in [0.25, 0.3) is 0 Å². The van der Waals surface area contributed by atoms with E-state index in [0.29, 0.717) is 6.42 Å². The van der Waals surface area contributed by atoms with Crippen LogP contribution in [0.4, 0.5) is 0 Å². The van der Waals surface area contributed by atoms with E-state index in [-0.39, 0.29) is 11.0 Å². The van der Waals surface area contributed by atoms with Gasteiger partial charge in [-0.2, -0.15) is 0 Å². The molecule has 0 bridgehead atoms. The number of nitrogens with zero attached hydrogens (tertiary/aromatic N) is 1. The number of rotatable bonds is 5. The lowest BCUT2D eigenvalue weighted by molar-refractivity contribution is 0.00245. The zero-order valence-corrected chi connectivity index (χ0v) is 13.1. The lowest BCUT2D eigenvalue weighted by Crippen LogP contribution is -2.23. The van der Waals surface area contributed by atoms with Crippen LogP contribution >= 0.6 is 11.3 Å². The van der Waals surface area contributed by atoms with Crippen molar-refractivity contribution in [2.45, 2.75) is 64.6 Å². The molecule has 1 aromatic rings. The number of methoxy groups -OCH3 is 1. The van der Waals surface area contributed by atoms with Crippen LogP contribution in [0.5, 0.6) is 0 Å². The molecule has 1 unspecified atom stereocenters. The van der Waals surface area contributed by atoms with Crippen molar-refractivity contribution in [1.82, 2.24) is 4.98 Å². The van der Waals surface area contributed by atoms with Crippen molar-refractivity contribution in [2.24, 2.45) is 0 Å². The van der Waals surface area contributed by atoms with E-state index < -0.39 is 6.10 Å². The van der Waals surface area contributed by atoms with Crippen molar-refractivity contribution in [1.29, 1.82) is 0 Å². The molecular formula is C14H25NO2S. The van der Waals surface area contributed by atoms with E-state index in [1.54, 1.807) is 18.4 Å². The molecule has 1 rings (SSSR count). The Morgan fingerprint density at radius 3 is 2.39 bits per heavy atom. The summed E-state index contributed by atoms with van der Waals surface area (Å²) < 4.78 is 5.35. The van der Waals surface area contributed by atoms with Crippen molar-refractivity contribution >= 4 is 11.3 Å². The summed E-state index contributed by atoms with van der Waals surface area (Å²) in [6.45, 7) is 10.5. The molecule has 0 aromatic carbocycles. The van der Waals surface area contributed by atoms with Crippen molar-refractivity contribution in [3.8, 4) is 0 Å². The monoisotopic (exact) mass is 271 g/mol. The molecule has 4 heteroatoms. The van der Waals surface area contributed by atoms with Crippen molar-refractivity contribution in [3.05, 3.63) is 16.1 Å². The number of hydrogen-bond donors (Lipinski definition) is 1. The van der Waals surface area contributed by atoms with Gasteiger partial charge in [0.25, 0.3) is 0 Å². The molecule has 0 radical (unpaired) electrons. The zero-order chi connectivity index (χ0) is 14.0. The molecule has 1 aromatic heterocycles. The molecule has 0 aliphatic carbocycles. The third kappa shape index (κ3) is 4.34. The molecule has 1 N–H and O–H groups in total. The lowest BCUT2D eigenvalue weighted by Gasteiger charge is -2.23. The van der Waals surface area contributed by atoms with Crippen LogP contribution in [0.15, 0.2) is 5.38 Å². The summed E-state index contributed by atoms with van der Waals surface area (Å²) in [6.07, 6.45) is 0.994. The van der Waals surface area contributed by atoms with Crippen molar-refractivity contribution in [3.63, 3.8) is 0 Å². The Labute approximate surface area is 114 Å². The fraction of sp³-hybridized carbons (Fsp3) is 0.786. The number of aliphatic hydroxyl groups is 1. The Bertz CT molecular complexity index is 379. The third-order valence-corrected chi connectivity index (χ3v) is 4.36. The summed E-state index contributed by atoms with van der Waals surface area (Å²) in [5, 5.41) is 13.2. The van der Waals surface area contributed by atoms with Gasteiger partial charge in [-0.25, -0.2) is 4.98 Å². The lowest BCUT2D eigenvalue weighted by atomic mass is 9.97. The second-order valence-corrected chi connectivity index (χ2v) is 7.20. The molecule has 3 nitrogen and oxygen atoms in total. The second kappa shape index (κ2) is 5.68. The second-order valence-electron chi connectivity index (χ2n) is 6.35. The number of aliphatic hydroxyl groups excluding tert-OH is 1. The molecule has 0 aliphatic rings. The first-order chi connectivity index (χ1) is 8.15. The largest absolute Gasteiger partial charge is 0.387 e. The SMILES string of the molecule is COC(C)(C)CCC(O)c1csc(C(C)(C)C)n1. The van der Waals surface area contributed by atoms with Crippen LogP contribution in [0, 0.1) is 0 Å². The minimum absolute atomic E-state index is 0.0500. The van der Waals surface area contributed by atoms with Crippen LogP contribution in [0.3, 0.4) is 0 Å². The summed E-state index contributed by atoms with van der Waals surface area (Å²) in [7, 11) is 1.70. The number of ether oxygens (including phenoxy) is 1. The first kappa shape index (κ1) is 15.6. The number of hydrogen-bond acceptors (Lipinski definition) is 4. The normalized spacial score (nSPS) is 14.8. The third-order valence-electron chi connectivity index (χ3n) is 3.08. The van der Waals surface area contributed by atoms with Gasteiger partial charge in [-0.3, -0.25) is 0 Å². The zero-order valence-electron chi connectivity index (χ0n) is 12.3. The maximum atomic E-state index is 10.1. The average Bonchev–Trinajstić information content (AvgIpc) is 2.75. The summed E-state index contributed by atoms with van der Waals surface area (Å²) in [4.78, 5) is 4.54. The van der Waals surface area contributed by atoms with E-state index in [2.05, 4.69) is 25.8 Å². The summed E-state index contributed by atoms with van der Waals surface area (Å²) in [5.41, 5.74) is 0.648. The predicted octanol–water partition coefficient (Wildman–Crippen LogP) is 3.68. The van der Waals surface area contributed by atoms with Gasteiger partial charge >= 0.3 is 0 Å². The van der Waals surface area contributed by atoms with Crippen LogP contribution in [0.2, 0.25) is 0 Å². The first-order valence-electron chi connectivity index (χ1n) is 6.35. The van der Waals surface area contributed by atoms with E-state index >= 15 is 0 Å². The van der Waals surface area contributed by atoms with Gasteiger partial charge in [-0.05, 0) is 26.7 Å². The summed E-state index contributed by atoms with van der Waals surface area (Å²) in [5.74, 6) is 0. The Balaban J connectivity index is 2.63. The van der Waals surface area contributed by atoms with Crippen LogP contribution < -0.4 is 0 Å². The standard InChI is InChI=1S/C14H25NO2S/c1-13(2,3)12-15-10(9-18-12)11(16)7-8-14(4,5)17-6/h9,11,16H,7-8H2,1-6H3. The maximum absolute atomic E-state index is 10.1. The Hall–Kier alpha value is -0.450. The predicted molar refractivity (Wildman–Crippen MR) is 76.1 cm³/mol. The molecule has 0 saturated heterocycles. The van der Waals surface area contributed by atoms with Gasteiger partial charge in [0.2, 0.25) is 0 Å². The van der Waals surface area contributed by atoms with Gasteiger partial charge in [0.1, 0.15) is 0 Å². The topological polar surface area (TPSA) is 42.4 Å². The van der Waals surface area contributed by atoms with Crippen molar-refractivity contribution < 1.29 is 9.84 Å². The van der Waals surface area contributed by atoms with Crippen molar-refractivity contribution in [2.75, 3.05) is 7.11 Å². The fourth-order valence-corrected chi connectivity index (χ4v) is 2.47. The Morgan fingerprint density at radius 2 is 1.94 bits per heavy atom. The van der Waals surface area contributed by atoms with Crippen LogP contribution in [-0.4, -0.2) is 22.8 Å². The highest BCUT2D eigenvalue weighted by Gasteiger charge is 2.23. The van der Waals surface area contributed by atoms with Gasteiger partial charge in [0.15, 0.2) is 0 Å². The van der Waals surface area contributed by atoms with Gasteiger partial charge in [-0.1, -0.05) is 20.8 Å². The minimum atomic E-state index is -0.494. The Kier molecular flexibility index (Phi) is 4.92. The molecule has 1 atom stereocenters. The van der Waals surface area contributed by atoms with Crippen LogP contribution in [0.1, 0.15) is 64.3 Å². The highest BCUT2D eigenvalue weighted by Crippen LogP contribution is 2.30. The molecule has 1 heterocycles. The number of thiazole rings is 1. The first-order valence-corrected chi connectivity index (χ1v) is 7.23. The van der Waals surface area contributed by atoms with E-state index in [4.69, 9.17) is 4.74 Å². The molecule has 18 heavy (non-hydrogen) atoms. The average molecular weight is 271 g/mol. The van der Waals surface area contributed by atoms with Gasteiger partial charge in [-0.15, -0.1) is 11.3 Å². The minimum Gasteiger partial charge on any atom is -0.387 e. The Morgan fingerprint density at radius 1 is 1.33 bits per heavy atom. The highest BCUT2D eigenvalue weighted by atomic mass is 32.1. The van der Waals surface area contributed by atoms with Crippen LogP contribution in [-0.2, 0) is 10.2 Å². The molecule has 104 valence electrons. The molecule has 0 saturated carbocycles. The number of aromatic nitrogens is 1. The van der Waals surface area contributed by atoms with Gasteiger partial charge < -0.3 is 9.84 Å². The molecule has 0 fully saturated rings. The van der Waals surface area contributed by atoms with E-state index in [1.807, 2.05) is 19.2 Å². The maximum Gasteiger partial charge on any atom is 0.0983 e. The smallest absolute Gasteiger partial charge is 0.0983 e. The van der Waals surface area contributed by atoms with E-state index in [9.17, 15) is 5.11 Å².